The predicted molar refractivity (Wildman–Crippen MR) is 309 cm³/mol. The number of rotatable bonds is 56. The first kappa shape index (κ1) is 70.0. The van der Waals surface area contributed by atoms with Crippen LogP contribution < -0.4 is 0 Å². The molecule has 0 bridgehead atoms. The molecule has 0 amide bonds. The van der Waals surface area contributed by atoms with Crippen molar-refractivity contribution in [2.24, 2.45) is 0 Å². The molecule has 0 saturated heterocycles. The molecule has 424 valence electrons. The molecule has 2 unspecified atom stereocenters. The molecule has 0 rings (SSSR count). The Kier molecular flexibility index (Phi) is 53.0. The molecule has 0 spiro atoms. The fourth-order valence-corrected chi connectivity index (χ4v) is 8.59. The molecular weight excluding hydrogens is 911 g/mol. The Bertz CT molecular complexity index is 1380. The molecular formula is C64H116NO8+. The number of ether oxygens (including phenoxy) is 4. The van der Waals surface area contributed by atoms with E-state index in [1.54, 1.807) is 0 Å². The summed E-state index contributed by atoms with van der Waals surface area (Å²) >= 11 is 0. The van der Waals surface area contributed by atoms with Gasteiger partial charge in [0.1, 0.15) is 13.2 Å². The van der Waals surface area contributed by atoms with Gasteiger partial charge in [0.2, 0.25) is 0 Å². The first-order valence-electron chi connectivity index (χ1n) is 30.5. The van der Waals surface area contributed by atoms with Crippen LogP contribution in [0.4, 0.5) is 0 Å². The van der Waals surface area contributed by atoms with Crippen molar-refractivity contribution in [3.05, 3.63) is 60.8 Å². The Labute approximate surface area is 450 Å². The van der Waals surface area contributed by atoms with Gasteiger partial charge in [0.15, 0.2) is 6.10 Å². The Balaban J connectivity index is 4.21. The van der Waals surface area contributed by atoms with Crippen LogP contribution in [0.15, 0.2) is 60.8 Å². The Hall–Kier alpha value is -3.01. The highest BCUT2D eigenvalue weighted by atomic mass is 16.7. The number of nitrogens with zero attached hydrogens (tertiary/aromatic N) is 1. The number of carboxylic acids is 1. The number of likely N-dealkylation sites (N-methyl/N-ethyl adjacent to an activating group) is 1. The Morgan fingerprint density at radius 1 is 0.425 bits per heavy atom. The predicted octanol–water partition coefficient (Wildman–Crippen LogP) is 18.0. The second-order valence-corrected chi connectivity index (χ2v) is 21.6. The highest BCUT2D eigenvalue weighted by molar-refractivity contribution is 5.71. The van der Waals surface area contributed by atoms with Crippen LogP contribution in [0.25, 0.3) is 0 Å². The summed E-state index contributed by atoms with van der Waals surface area (Å²) in [7, 11) is 5.97. The van der Waals surface area contributed by atoms with Crippen LogP contribution in [0, 0.1) is 0 Å². The molecule has 0 aliphatic carbocycles. The smallest absolute Gasteiger partial charge is 0.361 e. The summed E-state index contributed by atoms with van der Waals surface area (Å²) in [6.45, 7) is 4.79. The van der Waals surface area contributed by atoms with E-state index in [4.69, 9.17) is 18.9 Å². The van der Waals surface area contributed by atoms with E-state index < -0.39 is 24.3 Å². The van der Waals surface area contributed by atoms with Crippen LogP contribution in [0.5, 0.6) is 0 Å². The van der Waals surface area contributed by atoms with Gasteiger partial charge in [0.25, 0.3) is 6.29 Å². The van der Waals surface area contributed by atoms with E-state index in [-0.39, 0.29) is 32.2 Å². The molecule has 0 aliphatic rings. The van der Waals surface area contributed by atoms with Crippen LogP contribution in [0.2, 0.25) is 0 Å². The zero-order valence-corrected chi connectivity index (χ0v) is 48.3. The van der Waals surface area contributed by atoms with E-state index in [1.807, 2.05) is 21.1 Å². The molecule has 0 saturated carbocycles. The molecule has 0 aromatic rings. The van der Waals surface area contributed by atoms with E-state index in [2.05, 4.69) is 74.6 Å². The van der Waals surface area contributed by atoms with E-state index >= 15 is 0 Å². The SMILES string of the molecule is CC/C=C\C/C=C\C/C=C\C/C=C\CCCCCCCCCCCCCCC(=O)OC(COC(=O)CCCCCCCCCCCCC/C=C\CCCCCCCCCC)COC(OCC[N+](C)(C)C)C(=O)O. The van der Waals surface area contributed by atoms with Gasteiger partial charge >= 0.3 is 17.9 Å². The van der Waals surface area contributed by atoms with Crippen LogP contribution in [-0.2, 0) is 33.3 Å². The molecule has 1 N–H and O–H groups in total. The van der Waals surface area contributed by atoms with Crippen molar-refractivity contribution in [1.82, 2.24) is 0 Å². The minimum Gasteiger partial charge on any atom is -0.477 e. The van der Waals surface area contributed by atoms with Gasteiger partial charge in [-0.05, 0) is 77.0 Å². The number of allylic oxidation sites excluding steroid dienone is 10. The number of unbranched alkanes of at least 4 members (excludes halogenated alkanes) is 31. The van der Waals surface area contributed by atoms with Crippen molar-refractivity contribution in [2.45, 2.75) is 283 Å². The molecule has 0 aromatic carbocycles. The van der Waals surface area contributed by atoms with Gasteiger partial charge in [-0.15, -0.1) is 0 Å². The molecule has 0 radical (unpaired) electrons. The molecule has 9 nitrogen and oxygen atoms in total. The van der Waals surface area contributed by atoms with Gasteiger partial charge in [-0.3, -0.25) is 9.59 Å². The molecule has 0 aliphatic heterocycles. The molecule has 0 aromatic heterocycles. The van der Waals surface area contributed by atoms with Gasteiger partial charge in [-0.25, -0.2) is 4.79 Å². The molecule has 0 heterocycles. The van der Waals surface area contributed by atoms with Crippen molar-refractivity contribution in [2.75, 3.05) is 47.5 Å². The minimum atomic E-state index is -1.51. The maximum absolute atomic E-state index is 12.9. The van der Waals surface area contributed by atoms with E-state index in [0.717, 1.165) is 64.2 Å². The zero-order chi connectivity index (χ0) is 53.4. The maximum Gasteiger partial charge on any atom is 0.361 e. The first-order chi connectivity index (χ1) is 35.6. The number of esters is 2. The number of carbonyl (C=O) groups is 3. The van der Waals surface area contributed by atoms with Crippen molar-refractivity contribution >= 4 is 17.9 Å². The molecule has 73 heavy (non-hydrogen) atoms. The Morgan fingerprint density at radius 2 is 0.781 bits per heavy atom. The van der Waals surface area contributed by atoms with Crippen LogP contribution in [0.3, 0.4) is 0 Å². The monoisotopic (exact) mass is 1030 g/mol. The molecule has 0 fully saturated rings. The lowest BCUT2D eigenvalue weighted by Crippen LogP contribution is -2.40. The number of carbonyl (C=O) groups excluding carboxylic acids is 2. The van der Waals surface area contributed by atoms with Crippen molar-refractivity contribution in [3.63, 3.8) is 0 Å². The minimum absolute atomic E-state index is 0.183. The Morgan fingerprint density at radius 3 is 1.18 bits per heavy atom. The summed E-state index contributed by atoms with van der Waals surface area (Å²) in [6.07, 6.45) is 67.3. The number of aliphatic carboxylic acids is 1. The van der Waals surface area contributed by atoms with Gasteiger partial charge in [-0.2, -0.15) is 0 Å². The third kappa shape index (κ3) is 56.6. The van der Waals surface area contributed by atoms with Crippen molar-refractivity contribution < 1.29 is 42.9 Å². The van der Waals surface area contributed by atoms with Crippen molar-refractivity contribution in [1.29, 1.82) is 0 Å². The van der Waals surface area contributed by atoms with Crippen LogP contribution >= 0.6 is 0 Å². The number of quaternary nitrogens is 1. The van der Waals surface area contributed by atoms with Gasteiger partial charge in [-0.1, -0.05) is 242 Å². The lowest BCUT2D eigenvalue weighted by molar-refractivity contribution is -0.870. The maximum atomic E-state index is 12.9. The molecule has 2 atom stereocenters. The lowest BCUT2D eigenvalue weighted by Gasteiger charge is -2.25. The van der Waals surface area contributed by atoms with Gasteiger partial charge < -0.3 is 28.5 Å². The summed E-state index contributed by atoms with van der Waals surface area (Å²) in [5.74, 6) is -2.00. The average Bonchev–Trinajstić information content (AvgIpc) is 3.36. The number of hydrogen-bond acceptors (Lipinski definition) is 7. The second kappa shape index (κ2) is 55.2. The van der Waals surface area contributed by atoms with Gasteiger partial charge in [0, 0.05) is 12.8 Å². The molecule has 9 heteroatoms. The largest absolute Gasteiger partial charge is 0.477 e. The summed E-state index contributed by atoms with van der Waals surface area (Å²) in [5, 5.41) is 9.71. The third-order valence-corrected chi connectivity index (χ3v) is 13.3. The van der Waals surface area contributed by atoms with E-state index in [1.165, 1.54) is 180 Å². The summed E-state index contributed by atoms with van der Waals surface area (Å²) in [6, 6.07) is 0. The number of carboxylic acid groups (broad SMARTS) is 1. The summed E-state index contributed by atoms with van der Waals surface area (Å²) in [5.41, 5.74) is 0. The zero-order valence-electron chi connectivity index (χ0n) is 48.3. The highest BCUT2D eigenvalue weighted by Gasteiger charge is 2.25. The van der Waals surface area contributed by atoms with E-state index in [0.29, 0.717) is 17.4 Å². The highest BCUT2D eigenvalue weighted by Crippen LogP contribution is 2.17. The fraction of sp³-hybridized carbons (Fsp3) is 0.797. The number of hydrogen-bond donors (Lipinski definition) is 1. The third-order valence-electron chi connectivity index (χ3n) is 13.3. The van der Waals surface area contributed by atoms with Gasteiger partial charge in [0.05, 0.1) is 34.4 Å². The standard InChI is InChI=1S/C64H115NO8/c1-6-8-10-12-14-16-18-20-22-24-26-28-30-31-33-35-37-39-41-43-45-47-49-51-53-55-62(67)73-60(59-72-64(63(68)69)70-57-56-65(3,4)5)58-71-61(66)54-52-50-48-46-44-42-40-38-36-34-32-29-27-25-23-21-19-17-15-13-11-9-7-2/h8,10,14,16,20,22,25-28,60,64H,6-7,9,11-13,15,17-19,21,23-24,29-59H2,1-5H3/p+1/b10-8-,16-14-,22-20-,27-25-,28-26-. The lowest BCUT2D eigenvalue weighted by atomic mass is 10.0. The topological polar surface area (TPSA) is 108 Å². The average molecular weight is 1030 g/mol. The first-order valence-corrected chi connectivity index (χ1v) is 30.5. The summed E-state index contributed by atoms with van der Waals surface area (Å²) < 4.78 is 22.9. The normalized spacial score (nSPS) is 13.2. The van der Waals surface area contributed by atoms with E-state index in [9.17, 15) is 19.5 Å². The second-order valence-electron chi connectivity index (χ2n) is 21.6. The fourth-order valence-electron chi connectivity index (χ4n) is 8.59. The quantitative estimate of drug-likeness (QED) is 0.0211. The van der Waals surface area contributed by atoms with Crippen LogP contribution in [-0.4, -0.2) is 87.4 Å². The summed E-state index contributed by atoms with van der Waals surface area (Å²) in [4.78, 5) is 37.5. The van der Waals surface area contributed by atoms with Crippen LogP contribution in [0.1, 0.15) is 271 Å². The van der Waals surface area contributed by atoms with Crippen molar-refractivity contribution in [3.8, 4) is 0 Å².